The summed E-state index contributed by atoms with van der Waals surface area (Å²) in [6, 6.07) is 8.31. The largest absolute Gasteiger partial charge is 0.370 e. The molecule has 1 heterocycles. The molecule has 0 amide bonds. The molecule has 0 aliphatic carbocycles. The van der Waals surface area contributed by atoms with Crippen molar-refractivity contribution in [1.82, 2.24) is 0 Å². The van der Waals surface area contributed by atoms with Crippen LogP contribution < -0.4 is 4.90 Å². The van der Waals surface area contributed by atoms with Gasteiger partial charge in [-0.1, -0.05) is 6.07 Å². The van der Waals surface area contributed by atoms with Crippen molar-refractivity contribution in [2.75, 3.05) is 18.0 Å². The number of rotatable bonds is 1. The number of benzene rings is 1. The van der Waals surface area contributed by atoms with E-state index >= 15 is 0 Å². The lowest BCUT2D eigenvalue weighted by molar-refractivity contribution is 0.617. The summed E-state index contributed by atoms with van der Waals surface area (Å²) in [4.78, 5) is 2.25. The maximum atomic E-state index is 8.93. The monoisotopic (exact) mass is 172 g/mol. The van der Waals surface area contributed by atoms with E-state index in [1.807, 2.05) is 19.1 Å². The van der Waals surface area contributed by atoms with Crippen molar-refractivity contribution in [2.45, 2.75) is 13.3 Å². The Balaban J connectivity index is 2.39. The van der Waals surface area contributed by atoms with Gasteiger partial charge in [-0.15, -0.1) is 0 Å². The Hall–Kier alpha value is -1.49. The Labute approximate surface area is 78.4 Å². The summed E-state index contributed by atoms with van der Waals surface area (Å²) in [7, 11) is 0. The van der Waals surface area contributed by atoms with Crippen molar-refractivity contribution in [3.63, 3.8) is 0 Å². The van der Waals surface area contributed by atoms with Crippen molar-refractivity contribution < 1.29 is 0 Å². The fraction of sp³-hybridized carbons (Fsp3) is 0.364. The van der Waals surface area contributed by atoms with Crippen molar-refractivity contribution in [1.29, 1.82) is 5.26 Å². The zero-order chi connectivity index (χ0) is 9.26. The normalized spacial score (nSPS) is 14.9. The molecule has 1 aliphatic rings. The van der Waals surface area contributed by atoms with Crippen molar-refractivity contribution in [3.05, 3.63) is 29.3 Å². The molecule has 1 aromatic carbocycles. The lowest BCUT2D eigenvalue weighted by atomic mass is 10.1. The van der Waals surface area contributed by atoms with E-state index in [0.717, 1.165) is 29.9 Å². The van der Waals surface area contributed by atoms with Crippen LogP contribution in [0.25, 0.3) is 0 Å². The van der Waals surface area contributed by atoms with Crippen molar-refractivity contribution in [2.24, 2.45) is 0 Å². The lowest BCUT2D eigenvalue weighted by Gasteiger charge is -2.33. The van der Waals surface area contributed by atoms with E-state index in [2.05, 4.69) is 17.0 Å². The van der Waals surface area contributed by atoms with Crippen LogP contribution in [-0.4, -0.2) is 13.1 Å². The van der Waals surface area contributed by atoms with Gasteiger partial charge in [0.05, 0.1) is 11.3 Å². The number of nitrogens with zero attached hydrogens (tertiary/aromatic N) is 2. The van der Waals surface area contributed by atoms with Gasteiger partial charge >= 0.3 is 0 Å². The van der Waals surface area contributed by atoms with Crippen LogP contribution in [0.2, 0.25) is 0 Å². The molecule has 1 aliphatic heterocycles. The average molecular weight is 172 g/mol. The molecule has 2 heteroatoms. The van der Waals surface area contributed by atoms with Crippen LogP contribution in [0, 0.1) is 18.3 Å². The van der Waals surface area contributed by atoms with E-state index in [1.165, 1.54) is 6.42 Å². The Morgan fingerprint density at radius 3 is 2.69 bits per heavy atom. The summed E-state index contributed by atoms with van der Waals surface area (Å²) in [5, 5.41) is 8.93. The first-order valence-electron chi connectivity index (χ1n) is 4.57. The summed E-state index contributed by atoms with van der Waals surface area (Å²) in [6.07, 6.45) is 1.25. The lowest BCUT2D eigenvalue weighted by Crippen LogP contribution is -2.37. The van der Waals surface area contributed by atoms with E-state index in [9.17, 15) is 0 Å². The zero-order valence-electron chi connectivity index (χ0n) is 7.75. The third kappa shape index (κ3) is 1.38. The Kier molecular flexibility index (Phi) is 1.94. The molecule has 0 aromatic heterocycles. The Bertz CT molecular complexity index is 359. The van der Waals surface area contributed by atoms with Gasteiger partial charge in [0.2, 0.25) is 0 Å². The third-order valence-electron chi connectivity index (χ3n) is 2.47. The van der Waals surface area contributed by atoms with Gasteiger partial charge in [0.1, 0.15) is 6.07 Å². The molecule has 66 valence electrons. The smallest absolute Gasteiger partial charge is 0.101 e. The minimum absolute atomic E-state index is 0.805. The van der Waals surface area contributed by atoms with Gasteiger partial charge in [-0.3, -0.25) is 0 Å². The van der Waals surface area contributed by atoms with E-state index < -0.39 is 0 Å². The van der Waals surface area contributed by atoms with Crippen LogP contribution in [0.15, 0.2) is 18.2 Å². The number of anilines is 1. The second-order valence-electron chi connectivity index (χ2n) is 3.47. The highest BCUT2D eigenvalue weighted by molar-refractivity contribution is 5.61. The van der Waals surface area contributed by atoms with Gasteiger partial charge in [0, 0.05) is 13.1 Å². The standard InChI is InChI=1S/C11H12N2/c1-9-3-4-11(10(7-9)8-12)13-5-2-6-13/h3-4,7H,2,5-6H2,1H3. The van der Waals surface area contributed by atoms with Crippen LogP contribution in [0.4, 0.5) is 5.69 Å². The Morgan fingerprint density at radius 2 is 2.15 bits per heavy atom. The summed E-state index contributed by atoms with van der Waals surface area (Å²) in [5.41, 5.74) is 3.06. The molecule has 0 radical (unpaired) electrons. The molecule has 1 fully saturated rings. The van der Waals surface area contributed by atoms with Crippen LogP contribution >= 0.6 is 0 Å². The summed E-state index contributed by atoms with van der Waals surface area (Å²) in [5.74, 6) is 0. The molecule has 2 nitrogen and oxygen atoms in total. The van der Waals surface area contributed by atoms with Crippen molar-refractivity contribution >= 4 is 5.69 Å². The van der Waals surface area contributed by atoms with Gasteiger partial charge in [-0.2, -0.15) is 5.26 Å². The van der Waals surface area contributed by atoms with Gasteiger partial charge in [-0.25, -0.2) is 0 Å². The molecule has 1 aromatic rings. The minimum Gasteiger partial charge on any atom is -0.370 e. The summed E-state index contributed by atoms with van der Waals surface area (Å²) in [6.45, 7) is 4.20. The third-order valence-corrected chi connectivity index (χ3v) is 2.47. The topological polar surface area (TPSA) is 27.0 Å². The summed E-state index contributed by atoms with van der Waals surface area (Å²) < 4.78 is 0. The number of hydrogen-bond acceptors (Lipinski definition) is 2. The molecule has 0 unspecified atom stereocenters. The highest BCUT2D eigenvalue weighted by Crippen LogP contribution is 2.25. The van der Waals surface area contributed by atoms with Crippen LogP contribution in [0.3, 0.4) is 0 Å². The molecular weight excluding hydrogens is 160 g/mol. The van der Waals surface area contributed by atoms with E-state index in [0.29, 0.717) is 0 Å². The average Bonchev–Trinajstić information content (AvgIpc) is 2.05. The maximum absolute atomic E-state index is 8.93. The predicted octanol–water partition coefficient (Wildman–Crippen LogP) is 2.08. The second-order valence-corrected chi connectivity index (χ2v) is 3.47. The first-order valence-corrected chi connectivity index (χ1v) is 4.57. The van der Waals surface area contributed by atoms with Crippen LogP contribution in [0.1, 0.15) is 17.5 Å². The SMILES string of the molecule is Cc1ccc(N2CCC2)c(C#N)c1. The van der Waals surface area contributed by atoms with Crippen molar-refractivity contribution in [3.8, 4) is 6.07 Å². The maximum Gasteiger partial charge on any atom is 0.101 e. The molecule has 1 saturated heterocycles. The number of nitriles is 1. The van der Waals surface area contributed by atoms with Gasteiger partial charge in [-0.05, 0) is 31.0 Å². The molecule has 0 N–H and O–H groups in total. The predicted molar refractivity (Wildman–Crippen MR) is 52.7 cm³/mol. The molecule has 2 rings (SSSR count). The number of aryl methyl sites for hydroxylation is 1. The molecular formula is C11H12N2. The molecule has 0 saturated carbocycles. The van der Waals surface area contributed by atoms with Gasteiger partial charge in [0.25, 0.3) is 0 Å². The van der Waals surface area contributed by atoms with Crippen LogP contribution in [0.5, 0.6) is 0 Å². The van der Waals surface area contributed by atoms with E-state index in [-0.39, 0.29) is 0 Å². The highest BCUT2D eigenvalue weighted by atomic mass is 15.2. The summed E-state index contributed by atoms with van der Waals surface area (Å²) >= 11 is 0. The second kappa shape index (κ2) is 3.10. The fourth-order valence-electron chi connectivity index (χ4n) is 1.57. The quantitative estimate of drug-likeness (QED) is 0.648. The molecule has 0 atom stereocenters. The highest BCUT2D eigenvalue weighted by Gasteiger charge is 2.17. The van der Waals surface area contributed by atoms with Gasteiger partial charge in [0.15, 0.2) is 0 Å². The molecule has 13 heavy (non-hydrogen) atoms. The van der Waals surface area contributed by atoms with Crippen LogP contribution in [-0.2, 0) is 0 Å². The van der Waals surface area contributed by atoms with Gasteiger partial charge < -0.3 is 4.90 Å². The zero-order valence-corrected chi connectivity index (χ0v) is 7.75. The molecule has 0 spiro atoms. The van der Waals surface area contributed by atoms with E-state index in [1.54, 1.807) is 0 Å². The van der Waals surface area contributed by atoms with E-state index in [4.69, 9.17) is 5.26 Å². The minimum atomic E-state index is 0.805. The first-order chi connectivity index (χ1) is 6.31. The fourth-order valence-corrected chi connectivity index (χ4v) is 1.57. The molecule has 0 bridgehead atoms. The number of hydrogen-bond donors (Lipinski definition) is 0. The first kappa shape index (κ1) is 8.12. The Morgan fingerprint density at radius 1 is 1.38 bits per heavy atom.